The molecule has 0 radical (unpaired) electrons. The van der Waals surface area contributed by atoms with Crippen LogP contribution in [0.3, 0.4) is 0 Å². The van der Waals surface area contributed by atoms with Gasteiger partial charge < -0.3 is 0 Å². The van der Waals surface area contributed by atoms with Crippen molar-refractivity contribution in [2.75, 3.05) is 5.08 Å². The van der Waals surface area contributed by atoms with Gasteiger partial charge in [-0.05, 0) is 0 Å². The molecule has 16 heteroatoms. The van der Waals surface area contributed by atoms with Crippen LogP contribution in [-0.2, 0) is 28.6 Å². The van der Waals surface area contributed by atoms with Crippen molar-refractivity contribution in [1.82, 2.24) is 0 Å². The summed E-state index contributed by atoms with van der Waals surface area (Å²) in [6.07, 6.45) is -20.7. The van der Waals surface area contributed by atoms with Gasteiger partial charge in [0.05, 0.1) is 0 Å². The highest BCUT2D eigenvalue weighted by molar-refractivity contribution is 8.03. The van der Waals surface area contributed by atoms with E-state index >= 15 is 0 Å². The highest BCUT2D eigenvalue weighted by Gasteiger charge is 2.51. The van der Waals surface area contributed by atoms with Crippen molar-refractivity contribution in [3.05, 3.63) is 0 Å². The molecule has 0 aliphatic rings. The number of rotatable bonds is 8. The Bertz CT molecular complexity index is 504. The van der Waals surface area contributed by atoms with Crippen molar-refractivity contribution in [2.45, 2.75) is 25.1 Å². The molecule has 128 valence electrons. The van der Waals surface area contributed by atoms with Crippen molar-refractivity contribution < 1.29 is 60.3 Å². The van der Waals surface area contributed by atoms with Crippen molar-refractivity contribution in [1.29, 1.82) is 0 Å². The molecule has 0 spiro atoms. The molecule has 0 aromatic rings. The molecule has 21 heavy (non-hydrogen) atoms. The van der Waals surface area contributed by atoms with E-state index < -0.39 is 50.4 Å². The van der Waals surface area contributed by atoms with Gasteiger partial charge in [-0.15, -0.1) is 0 Å². The summed E-state index contributed by atoms with van der Waals surface area (Å²) in [7, 11) is -12.1. The van der Waals surface area contributed by atoms with Crippen LogP contribution in [-0.4, -0.2) is 47.0 Å². The Morgan fingerprint density at radius 1 is 0.714 bits per heavy atom. The number of hydrogen-bond acceptors (Lipinski definition) is 6. The van der Waals surface area contributed by atoms with Crippen LogP contribution >= 0.6 is 0 Å². The third kappa shape index (κ3) is 6.70. The molecule has 0 saturated heterocycles. The fraction of sp³-hybridized carbons (Fsp3) is 1.00. The topological polar surface area (TPSA) is 86.7 Å². The minimum Gasteiger partial charge on any atom is -0.200 e. The SMILES string of the molecule is O=S(=O)(CS(=O)(=O)OC(F)(F)C(F)F)OC(F)(F)C(F)F. The quantitative estimate of drug-likeness (QED) is 0.470. The third-order valence-corrected chi connectivity index (χ3v) is 4.53. The van der Waals surface area contributed by atoms with Gasteiger partial charge in [0.2, 0.25) is 5.08 Å². The highest BCUT2D eigenvalue weighted by Crippen LogP contribution is 2.29. The number of hydrogen-bond donors (Lipinski definition) is 0. The van der Waals surface area contributed by atoms with Crippen LogP contribution in [0.2, 0.25) is 0 Å². The van der Waals surface area contributed by atoms with E-state index in [4.69, 9.17) is 0 Å². The molecule has 0 amide bonds. The molecule has 0 aromatic heterocycles. The molecule has 0 unspecified atom stereocenters. The minimum atomic E-state index is -6.06. The summed E-state index contributed by atoms with van der Waals surface area (Å²) >= 11 is 0. The Morgan fingerprint density at radius 2 is 0.952 bits per heavy atom. The standard InChI is InChI=1S/C5H4F8O6S2/c6-2(7)4(10,11)18-20(14,15)1-21(16,17)19-5(12,13)3(8)9/h2-3H,1H2. The lowest BCUT2D eigenvalue weighted by Gasteiger charge is -2.17. The lowest BCUT2D eigenvalue weighted by molar-refractivity contribution is -0.251. The van der Waals surface area contributed by atoms with Crippen LogP contribution in [0.4, 0.5) is 35.1 Å². The maximum absolute atomic E-state index is 12.2. The van der Waals surface area contributed by atoms with Crippen LogP contribution in [0.5, 0.6) is 0 Å². The fourth-order valence-corrected chi connectivity index (χ4v) is 3.26. The molecule has 0 saturated carbocycles. The van der Waals surface area contributed by atoms with Crippen molar-refractivity contribution in [3.63, 3.8) is 0 Å². The van der Waals surface area contributed by atoms with E-state index in [1.165, 1.54) is 0 Å². The molecule has 0 aliphatic carbocycles. The van der Waals surface area contributed by atoms with Gasteiger partial charge in [0, 0.05) is 0 Å². The normalized spacial score (nSPS) is 15.0. The molecule has 0 bridgehead atoms. The van der Waals surface area contributed by atoms with Gasteiger partial charge >= 0.3 is 25.1 Å². The second-order valence-corrected chi connectivity index (χ2v) is 6.63. The van der Waals surface area contributed by atoms with Gasteiger partial charge in [0.25, 0.3) is 20.2 Å². The molecular formula is C5H4F8O6S2. The average molecular weight is 376 g/mol. The zero-order chi connectivity index (χ0) is 17.3. The Hall–Kier alpha value is -0.740. The first-order valence-corrected chi connectivity index (χ1v) is 7.35. The summed E-state index contributed by atoms with van der Waals surface area (Å²) in [6.45, 7) is 0. The summed E-state index contributed by atoms with van der Waals surface area (Å²) in [5, 5.41) is -2.81. The van der Waals surface area contributed by atoms with Gasteiger partial charge in [0.15, 0.2) is 0 Å². The van der Waals surface area contributed by atoms with E-state index in [0.717, 1.165) is 0 Å². The largest absolute Gasteiger partial charge is 0.430 e. The third-order valence-electron chi connectivity index (χ3n) is 1.27. The van der Waals surface area contributed by atoms with Crippen molar-refractivity contribution in [3.8, 4) is 0 Å². The predicted octanol–water partition coefficient (Wildman–Crippen LogP) is 1.35. The number of halogens is 8. The smallest absolute Gasteiger partial charge is 0.200 e. The van der Waals surface area contributed by atoms with Crippen molar-refractivity contribution in [2.24, 2.45) is 0 Å². The van der Waals surface area contributed by atoms with E-state index in [2.05, 4.69) is 8.37 Å². The zero-order valence-electron chi connectivity index (χ0n) is 9.15. The van der Waals surface area contributed by atoms with E-state index in [-0.39, 0.29) is 0 Å². The second-order valence-electron chi connectivity index (χ2n) is 3.12. The van der Waals surface area contributed by atoms with Gasteiger partial charge in [-0.3, -0.25) is 0 Å². The Morgan fingerprint density at radius 3 is 1.14 bits per heavy atom. The monoisotopic (exact) mass is 376 g/mol. The lowest BCUT2D eigenvalue weighted by Crippen LogP contribution is -2.38. The van der Waals surface area contributed by atoms with E-state index in [9.17, 15) is 52.0 Å². The molecule has 0 heterocycles. The summed E-state index contributed by atoms with van der Waals surface area (Å²) in [5.41, 5.74) is 0. The van der Waals surface area contributed by atoms with Crippen LogP contribution in [0.25, 0.3) is 0 Å². The first-order chi connectivity index (χ1) is 9.01. The van der Waals surface area contributed by atoms with E-state index in [1.54, 1.807) is 0 Å². The van der Waals surface area contributed by atoms with Gasteiger partial charge in [0.1, 0.15) is 0 Å². The van der Waals surface area contributed by atoms with E-state index in [1.807, 2.05) is 0 Å². The zero-order valence-corrected chi connectivity index (χ0v) is 10.8. The molecule has 0 aromatic carbocycles. The Kier molecular flexibility index (Phi) is 5.95. The van der Waals surface area contributed by atoms with Gasteiger partial charge in [-0.25, -0.2) is 17.6 Å². The van der Waals surface area contributed by atoms with E-state index in [0.29, 0.717) is 0 Å². The number of alkyl halides is 8. The summed E-state index contributed by atoms with van der Waals surface area (Å²) in [4.78, 5) is 0. The van der Waals surface area contributed by atoms with Crippen molar-refractivity contribution >= 4 is 20.2 Å². The summed E-state index contributed by atoms with van der Waals surface area (Å²) < 4.78 is 143. The van der Waals surface area contributed by atoms with Crippen LogP contribution in [0.15, 0.2) is 0 Å². The second kappa shape index (κ2) is 6.17. The lowest BCUT2D eigenvalue weighted by atomic mass is 10.7. The maximum Gasteiger partial charge on any atom is 0.430 e. The first kappa shape index (κ1) is 20.3. The first-order valence-electron chi connectivity index (χ1n) is 4.19. The molecule has 6 nitrogen and oxygen atoms in total. The highest BCUT2D eigenvalue weighted by atomic mass is 32.3. The van der Waals surface area contributed by atoms with Gasteiger partial charge in [-0.1, -0.05) is 0 Å². The Labute approximate surface area is 111 Å². The molecule has 0 N–H and O–H groups in total. The van der Waals surface area contributed by atoms with Crippen LogP contribution < -0.4 is 0 Å². The summed E-state index contributed by atoms with van der Waals surface area (Å²) in [6, 6.07) is 0. The Balaban J connectivity index is 5.11. The predicted molar refractivity (Wildman–Crippen MR) is 46.8 cm³/mol. The molecule has 0 rings (SSSR count). The average Bonchev–Trinajstić information content (AvgIpc) is 2.10. The minimum absolute atomic E-state index is 2.49. The van der Waals surface area contributed by atoms with Crippen LogP contribution in [0.1, 0.15) is 0 Å². The molecule has 0 atom stereocenters. The fourth-order valence-electron chi connectivity index (χ4n) is 0.636. The summed E-state index contributed by atoms with van der Waals surface area (Å²) in [5.74, 6) is 0. The molecule has 0 aliphatic heterocycles. The van der Waals surface area contributed by atoms with Gasteiger partial charge in [-0.2, -0.15) is 42.8 Å². The van der Waals surface area contributed by atoms with Crippen LogP contribution in [0, 0.1) is 0 Å². The molecule has 0 fully saturated rings. The molecular weight excluding hydrogens is 372 g/mol. The maximum atomic E-state index is 12.2.